The number of allylic oxidation sites excluding steroid dienone is 15. The first-order valence-electron chi connectivity index (χ1n) is 40.1. The number of phosphoric ester groups is 1. The number of carbonyl (C=O) groups is 1. The van der Waals surface area contributed by atoms with Crippen LogP contribution in [-0.2, 0) is 18.4 Å². The van der Waals surface area contributed by atoms with Crippen molar-refractivity contribution in [2.24, 2.45) is 0 Å². The van der Waals surface area contributed by atoms with E-state index in [2.05, 4.69) is 104 Å². The van der Waals surface area contributed by atoms with E-state index in [9.17, 15) is 19.4 Å². The van der Waals surface area contributed by atoms with Gasteiger partial charge in [-0.15, -0.1) is 0 Å². The fraction of sp³-hybridized carbons (Fsp3) is 0.798. The summed E-state index contributed by atoms with van der Waals surface area (Å²) in [6.07, 6.45) is 107. The summed E-state index contributed by atoms with van der Waals surface area (Å²) in [7, 11) is 1.58. The van der Waals surface area contributed by atoms with Gasteiger partial charge in [-0.2, -0.15) is 0 Å². The summed E-state index contributed by atoms with van der Waals surface area (Å²) in [4.78, 5) is 23.5. The second-order valence-corrected chi connectivity index (χ2v) is 29.9. The number of quaternary nitrogens is 1. The van der Waals surface area contributed by atoms with Gasteiger partial charge < -0.3 is 19.8 Å². The van der Waals surface area contributed by atoms with Gasteiger partial charge in [0, 0.05) is 6.42 Å². The highest BCUT2D eigenvalue weighted by atomic mass is 31.2. The predicted molar refractivity (Wildman–Crippen MR) is 410 cm³/mol. The number of aliphatic hydroxyl groups is 1. The maximum atomic E-state index is 13.1. The molecule has 0 saturated carbocycles. The molecule has 0 radical (unpaired) electrons. The van der Waals surface area contributed by atoms with Gasteiger partial charge in [0.2, 0.25) is 5.91 Å². The van der Waals surface area contributed by atoms with Crippen LogP contribution < -0.4 is 5.32 Å². The quantitative estimate of drug-likeness (QED) is 0.0243. The Morgan fingerprint density at radius 1 is 0.376 bits per heavy atom. The highest BCUT2D eigenvalue weighted by Crippen LogP contribution is 2.43. The van der Waals surface area contributed by atoms with E-state index in [-0.39, 0.29) is 19.1 Å². The topological polar surface area (TPSA) is 105 Å². The van der Waals surface area contributed by atoms with Crippen molar-refractivity contribution in [2.45, 2.75) is 392 Å². The minimum absolute atomic E-state index is 0.0609. The van der Waals surface area contributed by atoms with Crippen molar-refractivity contribution < 1.29 is 32.9 Å². The first kappa shape index (κ1) is 90.4. The molecule has 0 aliphatic heterocycles. The first-order valence-corrected chi connectivity index (χ1v) is 41.6. The maximum Gasteiger partial charge on any atom is 0.472 e. The maximum absolute atomic E-state index is 13.1. The van der Waals surface area contributed by atoms with Gasteiger partial charge in [-0.1, -0.05) is 394 Å². The zero-order valence-electron chi connectivity index (χ0n) is 62.2. The Morgan fingerprint density at radius 2 is 0.645 bits per heavy atom. The van der Waals surface area contributed by atoms with Crippen LogP contribution in [0.4, 0.5) is 0 Å². The standard InChI is InChI=1S/C84H155N2O6P/c1-6-8-10-12-14-16-18-20-22-24-26-28-30-32-34-36-38-39-40-41-42-43-44-45-46-47-48-50-52-54-56-58-60-62-64-66-68-70-72-74-76-78-84(88)85-82(81-92-93(89,90)91-80-79-86(3,4)5)83(87)77-75-73-71-69-67-65-63-61-59-57-55-53-51-49-37-35-33-31-29-27-25-23-21-19-17-15-13-11-9-7-2/h8,10,14,16,20,22,26,28,32,34,38-39,41-42,75,77,82-83,87H,6-7,9,11-13,15,17-19,21,23-25,27,29-31,33,35-37,40,43-74,76,78-81H2,1-5H3,(H-,85,88,89,90)/p+1/b10-8-,16-14-,22-20-,28-26-,34-32-,39-38-,42-41-,77-75+. The average Bonchev–Trinajstić information content (AvgIpc) is 2.75. The molecule has 1 amide bonds. The van der Waals surface area contributed by atoms with E-state index in [0.29, 0.717) is 17.4 Å². The summed E-state index contributed by atoms with van der Waals surface area (Å²) < 4.78 is 23.9. The highest BCUT2D eigenvalue weighted by molar-refractivity contribution is 7.47. The van der Waals surface area contributed by atoms with Crippen LogP contribution in [0.25, 0.3) is 0 Å². The smallest absolute Gasteiger partial charge is 0.387 e. The van der Waals surface area contributed by atoms with Gasteiger partial charge >= 0.3 is 7.82 Å². The van der Waals surface area contributed by atoms with Crippen molar-refractivity contribution in [2.75, 3.05) is 40.9 Å². The second kappa shape index (κ2) is 73.7. The minimum atomic E-state index is -4.36. The Labute approximate surface area is 579 Å². The Kier molecular flexibility index (Phi) is 71.6. The summed E-state index contributed by atoms with van der Waals surface area (Å²) in [5.41, 5.74) is 0. The molecule has 0 aromatic rings. The first-order chi connectivity index (χ1) is 45.5. The zero-order chi connectivity index (χ0) is 67.6. The van der Waals surface area contributed by atoms with Gasteiger partial charge in [-0.25, -0.2) is 4.57 Å². The van der Waals surface area contributed by atoms with Crippen molar-refractivity contribution in [1.29, 1.82) is 0 Å². The average molecular weight is 1320 g/mol. The van der Waals surface area contributed by atoms with E-state index >= 15 is 0 Å². The lowest BCUT2D eigenvalue weighted by atomic mass is 10.0. The molecule has 0 aliphatic rings. The lowest BCUT2D eigenvalue weighted by Gasteiger charge is -2.25. The summed E-state index contributed by atoms with van der Waals surface area (Å²) in [5, 5.41) is 14.1. The van der Waals surface area contributed by atoms with Gasteiger partial charge in [-0.3, -0.25) is 13.8 Å². The summed E-state index contributed by atoms with van der Waals surface area (Å²) in [5.74, 6) is -0.172. The lowest BCUT2D eigenvalue weighted by Crippen LogP contribution is -2.45. The van der Waals surface area contributed by atoms with E-state index in [1.807, 2.05) is 27.2 Å². The molecule has 542 valence electrons. The number of hydrogen-bond donors (Lipinski definition) is 3. The van der Waals surface area contributed by atoms with Crippen LogP contribution >= 0.6 is 7.82 Å². The monoisotopic (exact) mass is 1320 g/mol. The molecule has 0 heterocycles. The van der Waals surface area contributed by atoms with Crippen molar-refractivity contribution >= 4 is 13.7 Å². The van der Waals surface area contributed by atoms with E-state index in [1.54, 1.807) is 6.08 Å². The summed E-state index contributed by atoms with van der Waals surface area (Å²) >= 11 is 0. The Morgan fingerprint density at radius 3 is 0.946 bits per heavy atom. The molecule has 8 nitrogen and oxygen atoms in total. The third kappa shape index (κ3) is 76.7. The number of unbranched alkanes of at least 4 members (excludes halogenated alkanes) is 47. The van der Waals surface area contributed by atoms with Crippen molar-refractivity contribution in [3.63, 3.8) is 0 Å². The largest absolute Gasteiger partial charge is 0.472 e. The highest BCUT2D eigenvalue weighted by Gasteiger charge is 2.28. The molecule has 3 atom stereocenters. The molecule has 0 aliphatic carbocycles. The number of amides is 1. The Balaban J connectivity index is 3.97. The molecule has 0 saturated heterocycles. The van der Waals surface area contributed by atoms with Gasteiger partial charge in [0.1, 0.15) is 13.2 Å². The van der Waals surface area contributed by atoms with Crippen LogP contribution in [0.1, 0.15) is 380 Å². The normalized spacial score (nSPS) is 14.0. The second-order valence-electron chi connectivity index (χ2n) is 28.4. The number of phosphoric acid groups is 1. The number of likely N-dealkylation sites (N-methyl/N-ethyl adjacent to an activating group) is 1. The molecule has 0 spiro atoms. The Hall–Kier alpha value is -2.58. The van der Waals surface area contributed by atoms with Crippen LogP contribution in [0.2, 0.25) is 0 Å². The number of carbonyl (C=O) groups excluding carboxylic acids is 1. The number of hydrogen-bond acceptors (Lipinski definition) is 5. The number of aliphatic hydroxyl groups excluding tert-OH is 1. The molecule has 0 bridgehead atoms. The van der Waals surface area contributed by atoms with Crippen LogP contribution in [0.5, 0.6) is 0 Å². The van der Waals surface area contributed by atoms with Crippen LogP contribution in [-0.4, -0.2) is 73.4 Å². The molecule has 3 N–H and O–H groups in total. The van der Waals surface area contributed by atoms with E-state index < -0.39 is 20.0 Å². The predicted octanol–water partition coefficient (Wildman–Crippen LogP) is 26.4. The van der Waals surface area contributed by atoms with E-state index in [1.165, 1.54) is 276 Å². The lowest BCUT2D eigenvalue weighted by molar-refractivity contribution is -0.870. The molecular formula is C84H156N2O6P+. The molecule has 93 heavy (non-hydrogen) atoms. The van der Waals surface area contributed by atoms with E-state index in [0.717, 1.165) is 83.5 Å². The summed E-state index contributed by atoms with van der Waals surface area (Å²) in [6.45, 7) is 4.75. The number of nitrogens with zero attached hydrogens (tertiary/aromatic N) is 1. The number of nitrogens with one attached hydrogen (secondary N) is 1. The molecule has 0 rings (SSSR count). The number of rotatable bonds is 74. The van der Waals surface area contributed by atoms with E-state index in [4.69, 9.17) is 9.05 Å². The van der Waals surface area contributed by atoms with Crippen LogP contribution in [0.15, 0.2) is 97.2 Å². The molecular weight excluding hydrogens is 1160 g/mol. The molecule has 0 aromatic heterocycles. The zero-order valence-corrected chi connectivity index (χ0v) is 63.1. The van der Waals surface area contributed by atoms with Crippen molar-refractivity contribution in [3.05, 3.63) is 97.2 Å². The molecule has 9 heteroatoms. The van der Waals surface area contributed by atoms with Crippen molar-refractivity contribution in [3.8, 4) is 0 Å². The molecule has 3 unspecified atom stereocenters. The fourth-order valence-electron chi connectivity index (χ4n) is 11.9. The molecule has 0 fully saturated rings. The third-order valence-corrected chi connectivity index (χ3v) is 19.0. The van der Waals surface area contributed by atoms with Gasteiger partial charge in [0.15, 0.2) is 0 Å². The SMILES string of the molecule is CC/C=C\C/C=C\C/C=C\C/C=C\C/C=C\C/C=C\C/C=C\CCCCCCCCCCCCCCCCCCCCCC(=O)NC(COP(=O)(O)OCC[N+](C)(C)C)C(O)/C=C/CCCCCCCCCCCCCCCCCCCCCCCCCCCCCC. The van der Waals surface area contributed by atoms with Crippen LogP contribution in [0, 0.1) is 0 Å². The van der Waals surface area contributed by atoms with Gasteiger partial charge in [0.05, 0.1) is 39.9 Å². The van der Waals surface area contributed by atoms with Crippen LogP contribution in [0.3, 0.4) is 0 Å². The Bertz CT molecular complexity index is 1840. The van der Waals surface area contributed by atoms with Gasteiger partial charge in [0.25, 0.3) is 0 Å². The minimum Gasteiger partial charge on any atom is -0.387 e. The van der Waals surface area contributed by atoms with Crippen molar-refractivity contribution in [1.82, 2.24) is 5.32 Å². The fourth-order valence-corrected chi connectivity index (χ4v) is 12.6. The van der Waals surface area contributed by atoms with Gasteiger partial charge in [-0.05, 0) is 77.0 Å². The summed E-state index contributed by atoms with van der Waals surface area (Å²) in [6, 6.07) is -0.851. The third-order valence-electron chi connectivity index (χ3n) is 18.1. The molecule has 0 aromatic carbocycles.